The number of aliphatic hydroxyl groups is 1. The van der Waals surface area contributed by atoms with Crippen molar-refractivity contribution in [1.82, 2.24) is 20.1 Å². The zero-order valence-corrected chi connectivity index (χ0v) is 12.1. The van der Waals surface area contributed by atoms with Crippen molar-refractivity contribution in [2.75, 3.05) is 0 Å². The van der Waals surface area contributed by atoms with Crippen LogP contribution >= 0.6 is 11.6 Å². The molecule has 0 radical (unpaired) electrons. The van der Waals surface area contributed by atoms with Gasteiger partial charge in [-0.05, 0) is 30.9 Å². The highest BCUT2D eigenvalue weighted by atomic mass is 35.5. The summed E-state index contributed by atoms with van der Waals surface area (Å²) < 4.78 is 1.85. The van der Waals surface area contributed by atoms with E-state index < -0.39 is 6.10 Å². The van der Waals surface area contributed by atoms with Crippen molar-refractivity contribution in [3.63, 3.8) is 0 Å². The second-order valence-electron chi connectivity index (χ2n) is 5.44. The Bertz CT molecular complexity index is 610. The first-order valence-electron chi connectivity index (χ1n) is 6.92. The predicted molar refractivity (Wildman–Crippen MR) is 78.0 cm³/mol. The molecule has 1 aliphatic carbocycles. The number of nitrogens with zero attached hydrogens (tertiary/aromatic N) is 2. The van der Waals surface area contributed by atoms with E-state index in [9.17, 15) is 9.90 Å². The smallest absolute Gasteiger partial charge is 0.268 e. The summed E-state index contributed by atoms with van der Waals surface area (Å²) >= 11 is 5.78. The Hall–Kier alpha value is -1.79. The van der Waals surface area contributed by atoms with Crippen molar-refractivity contribution in [3.05, 3.63) is 41.4 Å². The summed E-state index contributed by atoms with van der Waals surface area (Å²) in [6, 6.07) is 3.21. The van der Waals surface area contributed by atoms with E-state index in [0.29, 0.717) is 23.1 Å². The molecule has 0 spiro atoms. The molecule has 3 atom stereocenters. The number of H-pyrrole nitrogens is 1. The number of hydrogen-bond donors (Lipinski definition) is 3. The van der Waals surface area contributed by atoms with Gasteiger partial charge in [-0.25, -0.2) is 0 Å². The number of aliphatic hydroxyl groups excluding tert-OH is 1. The standard InChI is InChI=1S/C14H17ClN4O2/c15-10-6-12(16-7-10)14(21)18-11-4-9(5-13(11)20)8-19-3-1-2-17-19/h1-3,6-7,9,11,13,16,20H,4-5,8H2,(H,18,21)/t9?,11-,13-/m1/s1. The number of carbonyl (C=O) groups is 1. The summed E-state index contributed by atoms with van der Waals surface area (Å²) in [6.45, 7) is 0.755. The fourth-order valence-corrected chi connectivity index (χ4v) is 3.00. The van der Waals surface area contributed by atoms with Gasteiger partial charge in [0.2, 0.25) is 0 Å². The predicted octanol–water partition coefficient (Wildman–Crippen LogP) is 1.43. The Morgan fingerprint density at radius 3 is 3.10 bits per heavy atom. The van der Waals surface area contributed by atoms with E-state index >= 15 is 0 Å². The van der Waals surface area contributed by atoms with Gasteiger partial charge in [-0.1, -0.05) is 11.6 Å². The lowest BCUT2D eigenvalue weighted by molar-refractivity contribution is 0.0868. The topological polar surface area (TPSA) is 82.9 Å². The van der Waals surface area contributed by atoms with Crippen molar-refractivity contribution >= 4 is 17.5 Å². The first-order valence-corrected chi connectivity index (χ1v) is 7.30. The molecule has 2 aromatic rings. The molecule has 1 saturated carbocycles. The van der Waals surface area contributed by atoms with Gasteiger partial charge in [0.15, 0.2) is 0 Å². The Morgan fingerprint density at radius 1 is 1.57 bits per heavy atom. The van der Waals surface area contributed by atoms with E-state index in [4.69, 9.17) is 11.6 Å². The number of rotatable bonds is 4. The highest BCUT2D eigenvalue weighted by Crippen LogP contribution is 2.27. The molecule has 21 heavy (non-hydrogen) atoms. The molecule has 1 aliphatic rings. The van der Waals surface area contributed by atoms with E-state index in [2.05, 4.69) is 15.4 Å². The summed E-state index contributed by atoms with van der Waals surface area (Å²) in [5, 5.41) is 17.6. The van der Waals surface area contributed by atoms with Crippen LogP contribution in [-0.4, -0.2) is 37.9 Å². The van der Waals surface area contributed by atoms with Gasteiger partial charge in [0.1, 0.15) is 5.69 Å². The molecule has 0 aromatic carbocycles. The molecule has 112 valence electrons. The summed E-state index contributed by atoms with van der Waals surface area (Å²) in [6.07, 6.45) is 6.07. The van der Waals surface area contributed by atoms with Crippen LogP contribution in [0, 0.1) is 5.92 Å². The molecule has 1 unspecified atom stereocenters. The van der Waals surface area contributed by atoms with Crippen molar-refractivity contribution in [2.45, 2.75) is 31.5 Å². The number of nitrogens with one attached hydrogen (secondary N) is 2. The van der Waals surface area contributed by atoms with Crippen molar-refractivity contribution < 1.29 is 9.90 Å². The Balaban J connectivity index is 1.57. The molecule has 3 rings (SSSR count). The van der Waals surface area contributed by atoms with Crippen LogP contribution in [0.5, 0.6) is 0 Å². The number of amides is 1. The van der Waals surface area contributed by atoms with Crippen LogP contribution < -0.4 is 5.32 Å². The molecule has 2 aromatic heterocycles. The number of aromatic nitrogens is 3. The quantitative estimate of drug-likeness (QED) is 0.799. The van der Waals surface area contributed by atoms with Crippen LogP contribution in [0.25, 0.3) is 0 Å². The monoisotopic (exact) mass is 308 g/mol. The maximum atomic E-state index is 12.1. The van der Waals surface area contributed by atoms with E-state index in [1.807, 2.05) is 16.9 Å². The van der Waals surface area contributed by atoms with Crippen LogP contribution in [0.15, 0.2) is 30.7 Å². The average Bonchev–Trinajstić information content (AvgIpc) is 3.14. The first kappa shape index (κ1) is 14.2. The van der Waals surface area contributed by atoms with Crippen LogP contribution in [0.3, 0.4) is 0 Å². The average molecular weight is 309 g/mol. The summed E-state index contributed by atoms with van der Waals surface area (Å²) in [7, 11) is 0. The lowest BCUT2D eigenvalue weighted by atomic mass is 10.1. The first-order chi connectivity index (χ1) is 10.1. The molecular formula is C14H17ClN4O2. The lowest BCUT2D eigenvalue weighted by Crippen LogP contribution is -2.40. The van der Waals surface area contributed by atoms with Crippen molar-refractivity contribution in [3.8, 4) is 0 Å². The Labute approximate surface area is 127 Å². The largest absolute Gasteiger partial charge is 0.391 e. The molecule has 3 N–H and O–H groups in total. The van der Waals surface area contributed by atoms with E-state index in [-0.39, 0.29) is 11.9 Å². The highest BCUT2D eigenvalue weighted by Gasteiger charge is 2.34. The normalized spacial score (nSPS) is 25.1. The fraction of sp³-hybridized carbons (Fsp3) is 0.429. The minimum absolute atomic E-state index is 0.236. The molecule has 7 heteroatoms. The van der Waals surface area contributed by atoms with Crippen molar-refractivity contribution in [1.29, 1.82) is 0 Å². The molecular weight excluding hydrogens is 292 g/mol. The van der Waals surface area contributed by atoms with Gasteiger partial charge in [-0.3, -0.25) is 9.48 Å². The van der Waals surface area contributed by atoms with Gasteiger partial charge < -0.3 is 15.4 Å². The van der Waals surface area contributed by atoms with Gasteiger partial charge in [-0.15, -0.1) is 0 Å². The van der Waals surface area contributed by atoms with E-state index in [0.717, 1.165) is 13.0 Å². The number of carbonyl (C=O) groups excluding carboxylic acids is 1. The third-order valence-corrected chi connectivity index (χ3v) is 4.06. The van der Waals surface area contributed by atoms with Gasteiger partial charge in [-0.2, -0.15) is 5.10 Å². The van der Waals surface area contributed by atoms with Crippen LogP contribution in [0.1, 0.15) is 23.3 Å². The number of halogens is 1. The van der Waals surface area contributed by atoms with Crippen molar-refractivity contribution in [2.24, 2.45) is 5.92 Å². The van der Waals surface area contributed by atoms with Crippen LogP contribution in [0.4, 0.5) is 0 Å². The molecule has 6 nitrogen and oxygen atoms in total. The SMILES string of the molecule is O=C(N[C@@H]1CC(Cn2cccn2)C[C@H]1O)c1cc(Cl)c[nH]1. The Kier molecular flexibility index (Phi) is 3.98. The second kappa shape index (κ2) is 5.91. The lowest BCUT2D eigenvalue weighted by Gasteiger charge is -2.15. The molecule has 0 aliphatic heterocycles. The summed E-state index contributed by atoms with van der Waals surface area (Å²) in [5.41, 5.74) is 0.405. The third kappa shape index (κ3) is 3.28. The minimum atomic E-state index is -0.528. The fourth-order valence-electron chi connectivity index (χ4n) is 2.84. The van der Waals surface area contributed by atoms with Gasteiger partial charge >= 0.3 is 0 Å². The third-order valence-electron chi connectivity index (χ3n) is 3.84. The molecule has 1 fully saturated rings. The maximum Gasteiger partial charge on any atom is 0.268 e. The number of hydrogen-bond acceptors (Lipinski definition) is 3. The summed E-state index contributed by atoms with van der Waals surface area (Å²) in [5.74, 6) is 0.0584. The molecule has 0 bridgehead atoms. The Morgan fingerprint density at radius 2 is 2.43 bits per heavy atom. The zero-order valence-electron chi connectivity index (χ0n) is 11.4. The molecule has 2 heterocycles. The van der Waals surface area contributed by atoms with Gasteiger partial charge in [0.05, 0.1) is 17.2 Å². The maximum absolute atomic E-state index is 12.1. The van der Waals surface area contributed by atoms with E-state index in [1.165, 1.54) is 0 Å². The zero-order chi connectivity index (χ0) is 14.8. The highest BCUT2D eigenvalue weighted by molar-refractivity contribution is 6.30. The van der Waals surface area contributed by atoms with Gasteiger partial charge in [0, 0.05) is 25.1 Å². The molecule has 0 saturated heterocycles. The van der Waals surface area contributed by atoms with Gasteiger partial charge in [0.25, 0.3) is 5.91 Å². The molecule has 1 amide bonds. The summed E-state index contributed by atoms with van der Waals surface area (Å²) in [4.78, 5) is 14.9. The number of aromatic amines is 1. The van der Waals surface area contributed by atoms with Crippen LogP contribution in [0.2, 0.25) is 5.02 Å². The minimum Gasteiger partial charge on any atom is -0.391 e. The van der Waals surface area contributed by atoms with Crippen LogP contribution in [-0.2, 0) is 6.54 Å². The van der Waals surface area contributed by atoms with E-state index in [1.54, 1.807) is 18.5 Å². The second-order valence-corrected chi connectivity index (χ2v) is 5.88.